The van der Waals surface area contributed by atoms with E-state index < -0.39 is 11.7 Å². The average molecular weight is 516 g/mol. The monoisotopic (exact) mass is 515 g/mol. The Morgan fingerprint density at radius 3 is 2.30 bits per heavy atom. The molecule has 1 N–H and O–H groups in total. The molecule has 0 saturated heterocycles. The van der Waals surface area contributed by atoms with Gasteiger partial charge in [0, 0.05) is 28.8 Å². The molecule has 37 heavy (non-hydrogen) atoms. The minimum absolute atomic E-state index is 0.297. The van der Waals surface area contributed by atoms with Crippen LogP contribution in [0, 0.1) is 0 Å². The zero-order valence-corrected chi connectivity index (χ0v) is 20.2. The normalized spacial score (nSPS) is 11.3. The van der Waals surface area contributed by atoms with Gasteiger partial charge in [0.05, 0.1) is 11.3 Å². The smallest absolute Gasteiger partial charge is 0.350 e. The third kappa shape index (κ3) is 6.13. The number of aromatic nitrogens is 4. The van der Waals surface area contributed by atoms with Crippen molar-refractivity contribution in [3.05, 3.63) is 114 Å². The lowest BCUT2D eigenvalue weighted by atomic mass is 10.0. The van der Waals surface area contributed by atoms with Gasteiger partial charge in [0.2, 0.25) is 5.95 Å². The van der Waals surface area contributed by atoms with E-state index in [4.69, 9.17) is 0 Å². The lowest BCUT2D eigenvalue weighted by Gasteiger charge is -2.13. The summed E-state index contributed by atoms with van der Waals surface area (Å²) in [4.78, 5) is 9.91. The van der Waals surface area contributed by atoms with Crippen molar-refractivity contribution >= 4 is 17.7 Å². The second-order valence-electron chi connectivity index (χ2n) is 8.04. The Balaban J connectivity index is 1.54. The van der Waals surface area contributed by atoms with E-state index in [0.29, 0.717) is 40.0 Å². The second kappa shape index (κ2) is 10.8. The van der Waals surface area contributed by atoms with E-state index >= 15 is 0 Å². The minimum Gasteiger partial charge on any atom is -0.350 e. The summed E-state index contributed by atoms with van der Waals surface area (Å²) in [5.41, 5.74) is 1.98. The van der Waals surface area contributed by atoms with E-state index in [1.54, 1.807) is 24.4 Å². The number of nitrogens with one attached hydrogen (secondary N) is 1. The summed E-state index contributed by atoms with van der Waals surface area (Å²) < 4.78 is 40.3. The molecular formula is C28H20F3N5S. The molecule has 5 rings (SSSR count). The Hall–Kier alpha value is -4.24. The number of hydrogen-bond donors (Lipinski definition) is 1. The van der Waals surface area contributed by atoms with Crippen molar-refractivity contribution < 1.29 is 13.2 Å². The molecule has 0 aliphatic rings. The van der Waals surface area contributed by atoms with Crippen LogP contribution in [0.25, 0.3) is 22.5 Å². The Kier molecular flexibility index (Phi) is 7.14. The molecule has 0 aliphatic carbocycles. The van der Waals surface area contributed by atoms with Crippen molar-refractivity contribution in [3.8, 4) is 22.5 Å². The van der Waals surface area contributed by atoms with Crippen LogP contribution in [0.5, 0.6) is 0 Å². The van der Waals surface area contributed by atoms with Gasteiger partial charge in [0.1, 0.15) is 10.7 Å². The van der Waals surface area contributed by atoms with Crippen LogP contribution >= 0.6 is 11.8 Å². The molecule has 0 fully saturated rings. The molecule has 0 saturated carbocycles. The summed E-state index contributed by atoms with van der Waals surface area (Å²) in [7, 11) is 0. The summed E-state index contributed by atoms with van der Waals surface area (Å²) in [6, 6.07) is 28.0. The first-order valence-electron chi connectivity index (χ1n) is 11.4. The first-order chi connectivity index (χ1) is 18.0. The quantitative estimate of drug-likeness (QED) is 0.244. The summed E-state index contributed by atoms with van der Waals surface area (Å²) in [6.07, 6.45) is -2.87. The Morgan fingerprint density at radius 1 is 0.784 bits per heavy atom. The molecule has 0 aliphatic heterocycles. The van der Waals surface area contributed by atoms with Gasteiger partial charge < -0.3 is 5.32 Å². The van der Waals surface area contributed by atoms with Crippen LogP contribution in [-0.2, 0) is 12.7 Å². The highest BCUT2D eigenvalue weighted by Gasteiger charge is 2.31. The number of rotatable bonds is 7. The maximum absolute atomic E-state index is 13.4. The Bertz CT molecular complexity index is 1500. The van der Waals surface area contributed by atoms with Crippen LogP contribution in [0.1, 0.15) is 11.1 Å². The van der Waals surface area contributed by atoms with Crippen LogP contribution in [0.4, 0.5) is 19.1 Å². The zero-order valence-electron chi connectivity index (χ0n) is 19.4. The number of halogens is 3. The standard InChI is InChI=1S/C28H20F3N5S/c29-28(30,31)21-11-7-10-20(16-21)26-23(17-25(35-36-26)37-22-12-5-2-6-13-22)24-14-15-32-27(34-24)33-18-19-8-3-1-4-9-19/h1-17H,18H2,(H,32,33,34). The maximum atomic E-state index is 13.4. The fraction of sp³-hybridized carbons (Fsp3) is 0.0714. The number of benzene rings is 3. The van der Waals surface area contributed by atoms with Crippen molar-refractivity contribution in [2.45, 2.75) is 22.6 Å². The molecule has 5 nitrogen and oxygen atoms in total. The Morgan fingerprint density at radius 2 is 1.54 bits per heavy atom. The lowest BCUT2D eigenvalue weighted by molar-refractivity contribution is -0.137. The predicted molar refractivity (Wildman–Crippen MR) is 138 cm³/mol. The number of nitrogens with zero attached hydrogens (tertiary/aromatic N) is 4. The highest BCUT2D eigenvalue weighted by atomic mass is 32.2. The number of hydrogen-bond acceptors (Lipinski definition) is 6. The SMILES string of the molecule is FC(F)(F)c1cccc(-c2nnc(Sc3ccccc3)cc2-c2ccnc(NCc3ccccc3)n2)c1. The second-order valence-corrected chi connectivity index (χ2v) is 9.14. The summed E-state index contributed by atoms with van der Waals surface area (Å²) >= 11 is 1.41. The van der Waals surface area contributed by atoms with E-state index in [0.717, 1.165) is 22.6 Å². The van der Waals surface area contributed by atoms with Crippen LogP contribution < -0.4 is 5.32 Å². The first-order valence-corrected chi connectivity index (χ1v) is 12.2. The van der Waals surface area contributed by atoms with Crippen molar-refractivity contribution in [2.24, 2.45) is 0 Å². The maximum Gasteiger partial charge on any atom is 0.416 e. The molecule has 0 unspecified atom stereocenters. The van der Waals surface area contributed by atoms with Gasteiger partial charge >= 0.3 is 6.18 Å². The van der Waals surface area contributed by atoms with E-state index in [9.17, 15) is 13.2 Å². The van der Waals surface area contributed by atoms with E-state index in [2.05, 4.69) is 25.5 Å². The van der Waals surface area contributed by atoms with Gasteiger partial charge in [-0.2, -0.15) is 13.2 Å². The fourth-order valence-corrected chi connectivity index (χ4v) is 4.45. The van der Waals surface area contributed by atoms with Gasteiger partial charge in [0.25, 0.3) is 0 Å². The fourth-order valence-electron chi connectivity index (χ4n) is 3.66. The molecule has 0 radical (unpaired) electrons. The molecule has 0 spiro atoms. The van der Waals surface area contributed by atoms with Crippen LogP contribution in [0.15, 0.2) is 113 Å². The topological polar surface area (TPSA) is 63.6 Å². The molecule has 0 bridgehead atoms. The summed E-state index contributed by atoms with van der Waals surface area (Å²) in [5.74, 6) is 0.394. The molecule has 0 amide bonds. The van der Waals surface area contributed by atoms with Crippen molar-refractivity contribution in [1.82, 2.24) is 20.2 Å². The van der Waals surface area contributed by atoms with Gasteiger partial charge in [-0.05, 0) is 42.0 Å². The molecule has 2 aromatic heterocycles. The van der Waals surface area contributed by atoms with Crippen molar-refractivity contribution in [2.75, 3.05) is 5.32 Å². The first kappa shape index (κ1) is 24.5. The van der Waals surface area contributed by atoms with Gasteiger partial charge in [-0.15, -0.1) is 10.2 Å². The van der Waals surface area contributed by atoms with E-state index in [1.165, 1.54) is 17.8 Å². The molecular weight excluding hydrogens is 495 g/mol. The predicted octanol–water partition coefficient (Wildman–Crippen LogP) is 7.38. The largest absolute Gasteiger partial charge is 0.416 e. The van der Waals surface area contributed by atoms with Gasteiger partial charge in [-0.25, -0.2) is 9.97 Å². The number of anilines is 1. The van der Waals surface area contributed by atoms with Crippen molar-refractivity contribution in [3.63, 3.8) is 0 Å². The lowest BCUT2D eigenvalue weighted by Crippen LogP contribution is -2.06. The van der Waals surface area contributed by atoms with Crippen LogP contribution in [-0.4, -0.2) is 20.2 Å². The molecule has 0 atom stereocenters. The third-order valence-electron chi connectivity index (χ3n) is 5.43. The van der Waals surface area contributed by atoms with Gasteiger partial charge in [-0.1, -0.05) is 72.4 Å². The molecule has 2 heterocycles. The van der Waals surface area contributed by atoms with E-state index in [-0.39, 0.29) is 0 Å². The highest BCUT2D eigenvalue weighted by Crippen LogP contribution is 2.36. The molecule has 184 valence electrons. The molecule has 5 aromatic rings. The summed E-state index contributed by atoms with van der Waals surface area (Å²) in [6.45, 7) is 0.522. The minimum atomic E-state index is -4.48. The van der Waals surface area contributed by atoms with Crippen molar-refractivity contribution in [1.29, 1.82) is 0 Å². The van der Waals surface area contributed by atoms with Gasteiger partial charge in [0.15, 0.2) is 0 Å². The zero-order chi connectivity index (χ0) is 25.7. The highest BCUT2D eigenvalue weighted by molar-refractivity contribution is 7.99. The van der Waals surface area contributed by atoms with Crippen LogP contribution in [0.2, 0.25) is 0 Å². The van der Waals surface area contributed by atoms with Gasteiger partial charge in [-0.3, -0.25) is 0 Å². The number of alkyl halides is 3. The van der Waals surface area contributed by atoms with Crippen LogP contribution in [0.3, 0.4) is 0 Å². The third-order valence-corrected chi connectivity index (χ3v) is 6.34. The van der Waals surface area contributed by atoms with E-state index in [1.807, 2.05) is 60.7 Å². The molecule has 3 aromatic carbocycles. The molecule has 9 heteroatoms. The Labute approximate surface area is 215 Å². The summed E-state index contributed by atoms with van der Waals surface area (Å²) in [5, 5.41) is 12.4. The average Bonchev–Trinajstić information content (AvgIpc) is 2.93.